The summed E-state index contributed by atoms with van der Waals surface area (Å²) in [6, 6.07) is 3.39. The van der Waals surface area contributed by atoms with Crippen LogP contribution in [0.2, 0.25) is 0 Å². The average molecular weight is 529 g/mol. The number of carbonyl (C=O) groups excluding carboxylic acids is 2. The van der Waals surface area contributed by atoms with Crippen LogP contribution in [0.25, 0.3) is 0 Å². The zero-order valence-corrected chi connectivity index (χ0v) is 20.3. The summed E-state index contributed by atoms with van der Waals surface area (Å²) in [6.07, 6.45) is -1.73. The van der Waals surface area contributed by atoms with E-state index in [2.05, 4.69) is 10.3 Å². The number of likely N-dealkylation sites (tertiary alicyclic amines) is 1. The molecule has 3 aliphatic rings. The van der Waals surface area contributed by atoms with Crippen LogP contribution in [0.3, 0.4) is 0 Å². The van der Waals surface area contributed by atoms with Crippen molar-refractivity contribution in [3.8, 4) is 6.07 Å². The van der Waals surface area contributed by atoms with Gasteiger partial charge in [-0.25, -0.2) is 0 Å². The number of carbonyl (C=O) groups is 2. The maximum absolute atomic E-state index is 13.3. The van der Waals surface area contributed by atoms with Gasteiger partial charge in [0.25, 0.3) is 10.2 Å². The van der Waals surface area contributed by atoms with Crippen LogP contribution in [0, 0.1) is 23.2 Å². The maximum Gasteiger partial charge on any atom is 0.417 e. The van der Waals surface area contributed by atoms with Crippen LogP contribution in [0.1, 0.15) is 36.9 Å². The second kappa shape index (κ2) is 10.3. The Morgan fingerprint density at radius 3 is 2.47 bits per heavy atom. The molecular weight excluding hydrogens is 501 g/mol. The standard InChI is InChI=1S/C22H27F3N6O4S/c23-22(24,25)17-5-6-18(27-10-17)11-28-20(32)19-4-2-8-31(19)21(33)16-3-1-7-29(14-16)36(34,35)30-12-15(9-26)13-30/h5-6,10,15-16,19H,1-4,7-8,11-14H2,(H,28,32)/t16-,19+/m0/s1. The topological polar surface area (TPSA) is 127 Å². The molecule has 0 radical (unpaired) electrons. The Morgan fingerprint density at radius 1 is 1.11 bits per heavy atom. The molecule has 0 unspecified atom stereocenters. The SMILES string of the molecule is N#CC1CN(S(=O)(=O)N2CCC[C@H](C(=O)N3CCC[C@@H]3C(=O)NCc3ccc(C(F)(F)F)cn3)C2)C1. The molecule has 14 heteroatoms. The van der Waals surface area contributed by atoms with Crippen molar-refractivity contribution in [1.82, 2.24) is 23.8 Å². The Hall–Kier alpha value is -2.76. The fourth-order valence-corrected chi connectivity index (χ4v) is 6.55. The smallest absolute Gasteiger partial charge is 0.349 e. The van der Waals surface area contributed by atoms with Crippen molar-refractivity contribution in [3.63, 3.8) is 0 Å². The molecule has 1 aromatic rings. The van der Waals surface area contributed by atoms with E-state index in [0.29, 0.717) is 45.0 Å². The first-order valence-corrected chi connectivity index (χ1v) is 13.2. The minimum absolute atomic E-state index is 0.0230. The molecule has 1 N–H and O–H groups in total. The molecule has 2 amide bonds. The molecule has 2 atom stereocenters. The van der Waals surface area contributed by atoms with Gasteiger partial charge in [-0.2, -0.15) is 35.5 Å². The number of aromatic nitrogens is 1. The van der Waals surface area contributed by atoms with Gasteiger partial charge in [0.1, 0.15) is 6.04 Å². The molecular formula is C22H27F3N6O4S. The van der Waals surface area contributed by atoms with E-state index in [-0.39, 0.29) is 43.7 Å². The van der Waals surface area contributed by atoms with Crippen molar-refractivity contribution in [2.75, 3.05) is 32.7 Å². The second-order valence-corrected chi connectivity index (χ2v) is 11.2. The minimum atomic E-state index is -4.50. The van der Waals surface area contributed by atoms with Gasteiger partial charge in [0.05, 0.1) is 35.7 Å². The predicted octanol–water partition coefficient (Wildman–Crippen LogP) is 1.12. The molecule has 10 nitrogen and oxygen atoms in total. The van der Waals surface area contributed by atoms with E-state index in [9.17, 15) is 31.2 Å². The van der Waals surface area contributed by atoms with Crippen molar-refractivity contribution < 1.29 is 31.2 Å². The highest BCUT2D eigenvalue weighted by molar-refractivity contribution is 7.86. The third-order valence-corrected chi connectivity index (χ3v) is 8.79. The third-order valence-electron chi connectivity index (χ3n) is 6.85. The van der Waals surface area contributed by atoms with E-state index >= 15 is 0 Å². The number of amides is 2. The number of nitrogens with zero attached hydrogens (tertiary/aromatic N) is 5. The van der Waals surface area contributed by atoms with E-state index in [0.717, 1.165) is 6.07 Å². The highest BCUT2D eigenvalue weighted by Crippen LogP contribution is 2.30. The third kappa shape index (κ3) is 5.47. The average Bonchev–Trinajstić information content (AvgIpc) is 3.31. The van der Waals surface area contributed by atoms with Crippen LogP contribution in [0.4, 0.5) is 13.2 Å². The summed E-state index contributed by atoms with van der Waals surface area (Å²) in [4.78, 5) is 31.3. The van der Waals surface area contributed by atoms with Crippen LogP contribution >= 0.6 is 0 Å². The van der Waals surface area contributed by atoms with Gasteiger partial charge in [-0.1, -0.05) is 0 Å². The van der Waals surface area contributed by atoms with Crippen molar-refractivity contribution in [2.24, 2.45) is 11.8 Å². The van der Waals surface area contributed by atoms with Gasteiger partial charge < -0.3 is 10.2 Å². The molecule has 3 saturated heterocycles. The van der Waals surface area contributed by atoms with E-state index in [1.165, 1.54) is 19.6 Å². The molecule has 36 heavy (non-hydrogen) atoms. The molecule has 0 saturated carbocycles. The van der Waals surface area contributed by atoms with E-state index in [4.69, 9.17) is 5.26 Å². The molecule has 4 rings (SSSR count). The minimum Gasteiger partial charge on any atom is -0.349 e. The van der Waals surface area contributed by atoms with Crippen LogP contribution in [-0.4, -0.2) is 77.5 Å². The van der Waals surface area contributed by atoms with Gasteiger partial charge in [0.15, 0.2) is 0 Å². The van der Waals surface area contributed by atoms with Crippen LogP contribution < -0.4 is 5.32 Å². The lowest BCUT2D eigenvalue weighted by Crippen LogP contribution is -2.57. The normalized spacial score (nSPS) is 24.2. The molecule has 3 aliphatic heterocycles. The van der Waals surface area contributed by atoms with Crippen LogP contribution in [-0.2, 0) is 32.5 Å². The van der Waals surface area contributed by atoms with Crippen LogP contribution in [0.15, 0.2) is 18.3 Å². The summed E-state index contributed by atoms with van der Waals surface area (Å²) in [5, 5.41) is 11.6. The second-order valence-electron chi connectivity index (χ2n) is 9.29. The van der Waals surface area contributed by atoms with E-state index in [1.54, 1.807) is 0 Å². The molecule has 0 aliphatic carbocycles. The number of hydrogen-bond donors (Lipinski definition) is 1. The Balaban J connectivity index is 1.34. The highest BCUT2D eigenvalue weighted by Gasteiger charge is 2.44. The molecule has 196 valence electrons. The molecule has 3 fully saturated rings. The lowest BCUT2D eigenvalue weighted by molar-refractivity contribution is -0.142. The van der Waals surface area contributed by atoms with Crippen molar-refractivity contribution in [2.45, 2.75) is 44.4 Å². The van der Waals surface area contributed by atoms with Gasteiger partial charge in [-0.15, -0.1) is 0 Å². The fraction of sp³-hybridized carbons (Fsp3) is 0.636. The number of piperidine rings is 1. The number of alkyl halides is 3. The number of rotatable bonds is 6. The monoisotopic (exact) mass is 528 g/mol. The Labute approximate surface area is 207 Å². The summed E-state index contributed by atoms with van der Waals surface area (Å²) >= 11 is 0. The first kappa shape index (κ1) is 26.3. The van der Waals surface area contributed by atoms with Gasteiger partial charge in [0.2, 0.25) is 11.8 Å². The Bertz CT molecular complexity index is 1130. The lowest BCUT2D eigenvalue weighted by Gasteiger charge is -2.41. The van der Waals surface area contributed by atoms with Crippen molar-refractivity contribution >= 4 is 22.0 Å². The zero-order chi connectivity index (χ0) is 26.1. The van der Waals surface area contributed by atoms with Crippen molar-refractivity contribution in [1.29, 1.82) is 5.26 Å². The summed E-state index contributed by atoms with van der Waals surface area (Å²) in [6.45, 7) is 0.907. The summed E-state index contributed by atoms with van der Waals surface area (Å²) in [7, 11) is -3.75. The summed E-state index contributed by atoms with van der Waals surface area (Å²) in [5.41, 5.74) is -0.627. The first-order chi connectivity index (χ1) is 17.0. The van der Waals surface area contributed by atoms with Gasteiger partial charge in [0, 0.05) is 38.9 Å². The van der Waals surface area contributed by atoms with E-state index in [1.807, 2.05) is 6.07 Å². The molecule has 1 aromatic heterocycles. The summed E-state index contributed by atoms with van der Waals surface area (Å²) in [5.74, 6) is -1.60. The van der Waals surface area contributed by atoms with Gasteiger partial charge >= 0.3 is 6.18 Å². The number of pyridine rings is 1. The fourth-order valence-electron chi connectivity index (χ4n) is 4.75. The lowest BCUT2D eigenvalue weighted by atomic mass is 9.97. The zero-order valence-electron chi connectivity index (χ0n) is 19.4. The molecule has 0 aromatic carbocycles. The largest absolute Gasteiger partial charge is 0.417 e. The number of halogens is 3. The quantitative estimate of drug-likeness (QED) is 0.590. The number of nitrogens with one attached hydrogen (secondary N) is 1. The highest BCUT2D eigenvalue weighted by atomic mass is 32.2. The Kier molecular flexibility index (Phi) is 7.53. The predicted molar refractivity (Wildman–Crippen MR) is 120 cm³/mol. The number of nitriles is 1. The van der Waals surface area contributed by atoms with Crippen LogP contribution in [0.5, 0.6) is 0 Å². The number of hydrogen-bond acceptors (Lipinski definition) is 6. The van der Waals surface area contributed by atoms with E-state index < -0.39 is 39.8 Å². The first-order valence-electron chi connectivity index (χ1n) is 11.8. The summed E-state index contributed by atoms with van der Waals surface area (Å²) < 4.78 is 66.4. The molecule has 0 spiro atoms. The van der Waals surface area contributed by atoms with Gasteiger partial charge in [-0.05, 0) is 37.8 Å². The Morgan fingerprint density at radius 2 is 1.83 bits per heavy atom. The molecule has 0 bridgehead atoms. The van der Waals surface area contributed by atoms with Gasteiger partial charge in [-0.3, -0.25) is 14.6 Å². The van der Waals surface area contributed by atoms with Crippen molar-refractivity contribution in [3.05, 3.63) is 29.6 Å². The molecule has 4 heterocycles. The maximum atomic E-state index is 13.3.